The van der Waals surface area contributed by atoms with Crippen LogP contribution in [0.4, 0.5) is 0 Å². The molecule has 0 amide bonds. The molecule has 0 atom stereocenters. The van der Waals surface area contributed by atoms with Crippen LogP contribution in [0.15, 0.2) is 30.3 Å². The summed E-state index contributed by atoms with van der Waals surface area (Å²) in [5.74, 6) is 0.0591. The highest BCUT2D eigenvalue weighted by molar-refractivity contribution is 7.89. The molecule has 0 aliphatic rings. The van der Waals surface area contributed by atoms with E-state index in [2.05, 4.69) is 4.72 Å². The summed E-state index contributed by atoms with van der Waals surface area (Å²) in [4.78, 5) is 0. The monoisotopic (exact) mass is 273 g/mol. The number of benzene rings is 1. The number of hydrogen-bond acceptors (Lipinski definition) is 4. The molecule has 0 heterocycles. The Morgan fingerprint density at radius 3 is 2.61 bits per heavy atom. The van der Waals surface area contributed by atoms with Crippen molar-refractivity contribution in [1.82, 2.24) is 4.72 Å². The zero-order valence-corrected chi connectivity index (χ0v) is 11.3. The molecule has 1 aromatic rings. The van der Waals surface area contributed by atoms with Crippen LogP contribution in [0.5, 0.6) is 0 Å². The minimum atomic E-state index is -3.24. The van der Waals surface area contributed by atoms with Gasteiger partial charge in [-0.25, -0.2) is 13.1 Å². The van der Waals surface area contributed by atoms with Crippen LogP contribution in [0.2, 0.25) is 0 Å². The molecule has 0 unspecified atom stereocenters. The fourth-order valence-corrected chi connectivity index (χ4v) is 2.38. The zero-order valence-electron chi connectivity index (χ0n) is 10.5. The first-order valence-corrected chi connectivity index (χ1v) is 7.37. The third-order valence-electron chi connectivity index (χ3n) is 2.24. The normalized spacial score (nSPS) is 11.6. The minimum absolute atomic E-state index is 0.0591. The summed E-state index contributed by atoms with van der Waals surface area (Å²) in [5.41, 5.74) is 0.941. The van der Waals surface area contributed by atoms with Crippen LogP contribution in [0.3, 0.4) is 0 Å². The molecular weight excluding hydrogens is 254 g/mol. The van der Waals surface area contributed by atoms with Crippen molar-refractivity contribution in [3.8, 4) is 0 Å². The predicted molar refractivity (Wildman–Crippen MR) is 69.5 cm³/mol. The smallest absolute Gasteiger partial charge is 0.211 e. The summed E-state index contributed by atoms with van der Waals surface area (Å²) in [6.45, 7) is 0.889. The summed E-state index contributed by atoms with van der Waals surface area (Å²) >= 11 is 0. The molecule has 0 fully saturated rings. The molecule has 0 radical (unpaired) electrons. The van der Waals surface area contributed by atoms with Gasteiger partial charge in [-0.2, -0.15) is 0 Å². The SMILES string of the molecule is COCOCCCS(=O)(=O)NCc1ccccc1. The van der Waals surface area contributed by atoms with E-state index in [0.29, 0.717) is 19.6 Å². The standard InChI is InChI=1S/C12H19NO4S/c1-16-11-17-8-5-9-18(14,15)13-10-12-6-3-2-4-7-12/h2-4,6-7,13H,5,8-11H2,1H3. The number of methoxy groups -OCH3 is 1. The molecule has 0 saturated carbocycles. The van der Waals surface area contributed by atoms with Crippen LogP contribution in [0.25, 0.3) is 0 Å². The second-order valence-electron chi connectivity index (χ2n) is 3.79. The van der Waals surface area contributed by atoms with Gasteiger partial charge >= 0.3 is 0 Å². The second kappa shape index (κ2) is 8.20. The van der Waals surface area contributed by atoms with Gasteiger partial charge in [0, 0.05) is 13.7 Å². The van der Waals surface area contributed by atoms with Crippen molar-refractivity contribution in [1.29, 1.82) is 0 Å². The summed E-state index contributed by atoms with van der Waals surface area (Å²) < 4.78 is 35.5. The van der Waals surface area contributed by atoms with Gasteiger partial charge < -0.3 is 9.47 Å². The molecule has 0 spiro atoms. The van der Waals surface area contributed by atoms with Crippen LogP contribution in [-0.4, -0.2) is 34.7 Å². The summed E-state index contributed by atoms with van der Waals surface area (Å²) in [7, 11) is -1.71. The molecule has 102 valence electrons. The van der Waals surface area contributed by atoms with E-state index < -0.39 is 10.0 Å². The molecular formula is C12H19NO4S. The Kier molecular flexibility index (Phi) is 6.89. The quantitative estimate of drug-likeness (QED) is 0.541. The number of hydrogen-bond donors (Lipinski definition) is 1. The van der Waals surface area contributed by atoms with Crippen LogP contribution >= 0.6 is 0 Å². The van der Waals surface area contributed by atoms with Gasteiger partial charge in [-0.05, 0) is 12.0 Å². The fourth-order valence-electron chi connectivity index (χ4n) is 1.35. The lowest BCUT2D eigenvalue weighted by Crippen LogP contribution is -2.26. The van der Waals surface area contributed by atoms with Gasteiger partial charge in [-0.3, -0.25) is 0 Å². The van der Waals surface area contributed by atoms with Crippen molar-refractivity contribution in [3.05, 3.63) is 35.9 Å². The van der Waals surface area contributed by atoms with E-state index in [0.717, 1.165) is 5.56 Å². The highest BCUT2D eigenvalue weighted by Gasteiger charge is 2.09. The van der Waals surface area contributed by atoms with Gasteiger partial charge in [-0.15, -0.1) is 0 Å². The summed E-state index contributed by atoms with van der Waals surface area (Å²) in [6.07, 6.45) is 0.452. The van der Waals surface area contributed by atoms with E-state index in [4.69, 9.17) is 9.47 Å². The van der Waals surface area contributed by atoms with Crippen molar-refractivity contribution in [2.75, 3.05) is 26.3 Å². The molecule has 0 aliphatic carbocycles. The minimum Gasteiger partial charge on any atom is -0.359 e. The third-order valence-corrected chi connectivity index (χ3v) is 3.65. The van der Waals surface area contributed by atoms with Gasteiger partial charge in [-0.1, -0.05) is 30.3 Å². The van der Waals surface area contributed by atoms with E-state index in [1.807, 2.05) is 30.3 Å². The van der Waals surface area contributed by atoms with E-state index in [1.54, 1.807) is 0 Å². The topological polar surface area (TPSA) is 64.6 Å². The Balaban J connectivity index is 2.23. The number of rotatable bonds is 9. The van der Waals surface area contributed by atoms with Gasteiger partial charge in [0.1, 0.15) is 6.79 Å². The Morgan fingerprint density at radius 1 is 1.22 bits per heavy atom. The number of ether oxygens (including phenoxy) is 2. The highest BCUT2D eigenvalue weighted by Crippen LogP contribution is 1.99. The third kappa shape index (κ3) is 6.70. The van der Waals surface area contributed by atoms with Crippen molar-refractivity contribution in [2.24, 2.45) is 0 Å². The maximum Gasteiger partial charge on any atom is 0.211 e. The Hall–Kier alpha value is -0.950. The maximum absolute atomic E-state index is 11.6. The first-order valence-electron chi connectivity index (χ1n) is 5.72. The van der Waals surface area contributed by atoms with Crippen LogP contribution in [0, 0.1) is 0 Å². The van der Waals surface area contributed by atoms with Crippen LogP contribution in [0.1, 0.15) is 12.0 Å². The van der Waals surface area contributed by atoms with E-state index >= 15 is 0 Å². The van der Waals surface area contributed by atoms with Gasteiger partial charge in [0.25, 0.3) is 0 Å². The first-order chi connectivity index (χ1) is 8.64. The average Bonchev–Trinajstić information content (AvgIpc) is 2.38. The molecule has 0 bridgehead atoms. The van der Waals surface area contributed by atoms with Gasteiger partial charge in [0.05, 0.1) is 12.4 Å². The lowest BCUT2D eigenvalue weighted by atomic mass is 10.2. The molecule has 1 N–H and O–H groups in total. The molecule has 0 aliphatic heterocycles. The Morgan fingerprint density at radius 2 is 1.94 bits per heavy atom. The fraction of sp³-hybridized carbons (Fsp3) is 0.500. The summed E-state index contributed by atoms with van der Waals surface area (Å²) in [6, 6.07) is 9.41. The molecule has 1 aromatic carbocycles. The van der Waals surface area contributed by atoms with Gasteiger partial charge in [0.15, 0.2) is 0 Å². The predicted octanol–water partition coefficient (Wildman–Crippen LogP) is 1.12. The van der Waals surface area contributed by atoms with Gasteiger partial charge in [0.2, 0.25) is 10.0 Å². The number of nitrogens with one attached hydrogen (secondary N) is 1. The number of sulfonamides is 1. The Bertz CT molecular complexity index is 419. The van der Waals surface area contributed by atoms with Crippen molar-refractivity contribution < 1.29 is 17.9 Å². The van der Waals surface area contributed by atoms with Crippen LogP contribution < -0.4 is 4.72 Å². The largest absolute Gasteiger partial charge is 0.359 e. The molecule has 0 aromatic heterocycles. The zero-order chi connectivity index (χ0) is 13.3. The molecule has 0 saturated heterocycles. The molecule has 1 rings (SSSR count). The lowest BCUT2D eigenvalue weighted by molar-refractivity contribution is -0.0298. The van der Waals surface area contributed by atoms with Crippen molar-refractivity contribution in [2.45, 2.75) is 13.0 Å². The van der Waals surface area contributed by atoms with E-state index in [-0.39, 0.29) is 12.5 Å². The van der Waals surface area contributed by atoms with E-state index in [9.17, 15) is 8.42 Å². The second-order valence-corrected chi connectivity index (χ2v) is 5.72. The highest BCUT2D eigenvalue weighted by atomic mass is 32.2. The first kappa shape index (κ1) is 15.1. The van der Waals surface area contributed by atoms with Crippen LogP contribution in [-0.2, 0) is 26.0 Å². The molecule has 5 nitrogen and oxygen atoms in total. The summed E-state index contributed by atoms with van der Waals surface area (Å²) in [5, 5.41) is 0. The lowest BCUT2D eigenvalue weighted by Gasteiger charge is -2.07. The Labute approximate surface area is 108 Å². The van der Waals surface area contributed by atoms with Crippen molar-refractivity contribution >= 4 is 10.0 Å². The maximum atomic E-state index is 11.6. The molecule has 6 heteroatoms. The van der Waals surface area contributed by atoms with E-state index in [1.165, 1.54) is 7.11 Å². The average molecular weight is 273 g/mol. The molecule has 18 heavy (non-hydrogen) atoms. The van der Waals surface area contributed by atoms with Crippen molar-refractivity contribution in [3.63, 3.8) is 0 Å².